The minimum absolute atomic E-state index is 0.176. The lowest BCUT2D eigenvalue weighted by Gasteiger charge is -2.18. The fraction of sp³-hybridized carbons (Fsp3) is 0. The molecule has 0 fully saturated rings. The van der Waals surface area contributed by atoms with Gasteiger partial charge in [0.05, 0.1) is 4.11 Å². The third-order valence-electron chi connectivity index (χ3n) is 7.41. The molecule has 7 aromatic carbocycles. The van der Waals surface area contributed by atoms with Crippen molar-refractivity contribution in [1.29, 1.82) is 0 Å². The molecule has 0 N–H and O–H groups in total. The molecule has 0 aliphatic carbocycles. The Hall–Kier alpha value is -4.88. The van der Waals surface area contributed by atoms with E-state index in [1.165, 1.54) is 17.5 Å². The number of hydrogen-bond acceptors (Lipinski definition) is 1. The van der Waals surface area contributed by atoms with Crippen molar-refractivity contribution in [1.82, 2.24) is 0 Å². The Balaban J connectivity index is 1.56. The van der Waals surface area contributed by atoms with E-state index in [0.29, 0.717) is 5.56 Å². The lowest BCUT2D eigenvalue weighted by atomic mass is 9.85. The van der Waals surface area contributed by atoms with Crippen LogP contribution in [-0.2, 0) is 0 Å². The minimum Gasteiger partial charge on any atom is -0.456 e. The maximum Gasteiger partial charge on any atom is 0.136 e. The summed E-state index contributed by atoms with van der Waals surface area (Å²) >= 11 is 0. The molecule has 1 heterocycles. The van der Waals surface area contributed by atoms with Crippen LogP contribution in [0.25, 0.3) is 76.5 Å². The van der Waals surface area contributed by atoms with Gasteiger partial charge in [0.1, 0.15) is 11.2 Å². The molecule has 1 heteroatoms. The number of hydrogen-bond donors (Lipinski definition) is 0. The van der Waals surface area contributed by atoms with Crippen LogP contribution in [0.4, 0.5) is 0 Å². The molecule has 8 aromatic rings. The molecular formula is C36H22O. The lowest BCUT2D eigenvalue weighted by Crippen LogP contribution is -1.91. The monoisotopic (exact) mass is 473 g/mol. The number of fused-ring (bicyclic) bond motifs is 6. The molecular weight excluding hydrogens is 448 g/mol. The lowest BCUT2D eigenvalue weighted by molar-refractivity contribution is 0.669. The summed E-state index contributed by atoms with van der Waals surface area (Å²) in [5, 5.41) is 8.52. The molecule has 0 spiro atoms. The minimum atomic E-state index is 0.176. The van der Waals surface area contributed by atoms with Gasteiger partial charge in [-0.3, -0.25) is 0 Å². The van der Waals surface area contributed by atoms with Crippen molar-refractivity contribution in [3.63, 3.8) is 0 Å². The maximum absolute atomic E-state index is 8.75. The standard InChI is InChI=1S/C36H22O/c1-2-11-23(12-3-1)34-26-15-6-8-17-28(26)35(29-18-9-7-16-27(29)34)30-19-10-20-32-36(30)31-21-24-13-4-5-14-25(24)22-33(31)37-32/h1-22H/i1D,11D,12D. The van der Waals surface area contributed by atoms with Crippen LogP contribution in [0.15, 0.2) is 138 Å². The predicted molar refractivity (Wildman–Crippen MR) is 157 cm³/mol. The zero-order valence-corrected chi connectivity index (χ0v) is 19.9. The van der Waals surface area contributed by atoms with Crippen molar-refractivity contribution >= 4 is 54.3 Å². The first-order valence-corrected chi connectivity index (χ1v) is 12.4. The molecule has 0 unspecified atom stereocenters. The summed E-state index contributed by atoms with van der Waals surface area (Å²) in [4.78, 5) is 0. The van der Waals surface area contributed by atoms with E-state index in [9.17, 15) is 0 Å². The Labute approximate surface area is 218 Å². The first-order chi connectivity index (χ1) is 19.6. The first-order valence-electron chi connectivity index (χ1n) is 13.9. The van der Waals surface area contributed by atoms with Crippen LogP contribution in [0.2, 0.25) is 0 Å². The molecule has 0 saturated carbocycles. The van der Waals surface area contributed by atoms with Crippen molar-refractivity contribution in [2.45, 2.75) is 0 Å². The summed E-state index contributed by atoms with van der Waals surface area (Å²) in [6, 6.07) is 39.1. The topological polar surface area (TPSA) is 13.1 Å². The molecule has 0 aliphatic rings. The van der Waals surface area contributed by atoms with E-state index in [0.717, 1.165) is 65.6 Å². The maximum atomic E-state index is 8.75. The van der Waals surface area contributed by atoms with Gasteiger partial charge in [-0.1, -0.05) is 115 Å². The highest BCUT2D eigenvalue weighted by atomic mass is 16.3. The quantitative estimate of drug-likeness (QED) is 0.228. The van der Waals surface area contributed by atoms with E-state index in [4.69, 9.17) is 8.53 Å². The molecule has 0 amide bonds. The largest absolute Gasteiger partial charge is 0.456 e. The molecule has 0 aliphatic heterocycles. The molecule has 0 atom stereocenters. The van der Waals surface area contributed by atoms with Crippen LogP contribution in [0, 0.1) is 0 Å². The Morgan fingerprint density at radius 3 is 1.76 bits per heavy atom. The fourth-order valence-corrected chi connectivity index (χ4v) is 5.86. The highest BCUT2D eigenvalue weighted by Gasteiger charge is 2.20. The van der Waals surface area contributed by atoms with E-state index in [2.05, 4.69) is 60.7 Å². The zero-order valence-electron chi connectivity index (χ0n) is 22.9. The van der Waals surface area contributed by atoms with E-state index < -0.39 is 0 Å². The zero-order chi connectivity index (χ0) is 27.0. The van der Waals surface area contributed by atoms with Gasteiger partial charge in [-0.15, -0.1) is 0 Å². The SMILES string of the molecule is [2H]c1cc([2H])c(-c2c3ccccc3c(-c3cccc4oc5cc6ccccc6cc5c34)c3ccccc23)c([2H])c1. The van der Waals surface area contributed by atoms with Gasteiger partial charge in [-0.2, -0.15) is 0 Å². The van der Waals surface area contributed by atoms with Crippen molar-refractivity contribution in [2.75, 3.05) is 0 Å². The number of benzene rings is 7. The van der Waals surface area contributed by atoms with Crippen LogP contribution in [0.1, 0.15) is 4.11 Å². The molecule has 0 radical (unpaired) electrons. The molecule has 37 heavy (non-hydrogen) atoms. The number of rotatable bonds is 2. The Kier molecular flexibility index (Phi) is 3.70. The highest BCUT2D eigenvalue weighted by molar-refractivity contribution is 6.26. The van der Waals surface area contributed by atoms with Crippen molar-refractivity contribution in [2.24, 2.45) is 0 Å². The normalized spacial score (nSPS) is 12.9. The third kappa shape index (κ3) is 2.98. The fourth-order valence-electron chi connectivity index (χ4n) is 5.86. The molecule has 0 saturated heterocycles. The summed E-state index contributed by atoms with van der Waals surface area (Å²) < 4.78 is 32.0. The van der Waals surface area contributed by atoms with Gasteiger partial charge in [0.15, 0.2) is 0 Å². The molecule has 8 rings (SSSR count). The molecule has 1 aromatic heterocycles. The van der Waals surface area contributed by atoms with E-state index in [1.54, 1.807) is 0 Å². The predicted octanol–water partition coefficient (Wildman–Crippen LogP) is 10.4. The molecule has 172 valence electrons. The van der Waals surface area contributed by atoms with Gasteiger partial charge < -0.3 is 4.42 Å². The third-order valence-corrected chi connectivity index (χ3v) is 7.41. The Morgan fingerprint density at radius 2 is 1.08 bits per heavy atom. The van der Waals surface area contributed by atoms with Crippen LogP contribution in [-0.4, -0.2) is 0 Å². The van der Waals surface area contributed by atoms with Gasteiger partial charge in [0, 0.05) is 10.8 Å². The second-order valence-corrected chi connectivity index (χ2v) is 9.44. The highest BCUT2D eigenvalue weighted by Crippen LogP contribution is 2.47. The average molecular weight is 474 g/mol. The van der Waals surface area contributed by atoms with Crippen LogP contribution < -0.4 is 0 Å². The number of furan rings is 1. The summed E-state index contributed by atoms with van der Waals surface area (Å²) in [6.07, 6.45) is 0. The Bertz CT molecular complexity index is 2230. The molecule has 0 bridgehead atoms. The van der Waals surface area contributed by atoms with E-state index in [-0.39, 0.29) is 18.1 Å². The smallest absolute Gasteiger partial charge is 0.136 e. The summed E-state index contributed by atoms with van der Waals surface area (Å²) in [6.45, 7) is 0. The summed E-state index contributed by atoms with van der Waals surface area (Å²) in [7, 11) is 0. The first kappa shape index (κ1) is 17.5. The van der Waals surface area contributed by atoms with Crippen molar-refractivity contribution < 1.29 is 8.53 Å². The van der Waals surface area contributed by atoms with Crippen LogP contribution >= 0.6 is 0 Å². The Morgan fingerprint density at radius 1 is 0.486 bits per heavy atom. The van der Waals surface area contributed by atoms with E-state index >= 15 is 0 Å². The van der Waals surface area contributed by atoms with Gasteiger partial charge in [0.25, 0.3) is 0 Å². The van der Waals surface area contributed by atoms with Crippen molar-refractivity contribution in [3.8, 4) is 22.3 Å². The second-order valence-electron chi connectivity index (χ2n) is 9.44. The average Bonchev–Trinajstić information content (AvgIpc) is 3.33. The second kappa shape index (κ2) is 7.81. The summed E-state index contributed by atoms with van der Waals surface area (Å²) in [5.74, 6) is 0. The van der Waals surface area contributed by atoms with Gasteiger partial charge >= 0.3 is 0 Å². The van der Waals surface area contributed by atoms with Gasteiger partial charge in [-0.25, -0.2) is 0 Å². The van der Waals surface area contributed by atoms with Crippen LogP contribution in [0.5, 0.6) is 0 Å². The van der Waals surface area contributed by atoms with Crippen molar-refractivity contribution in [3.05, 3.63) is 133 Å². The van der Waals surface area contributed by atoms with Gasteiger partial charge in [0.2, 0.25) is 0 Å². The molecule has 1 nitrogen and oxygen atoms in total. The van der Waals surface area contributed by atoms with Gasteiger partial charge in [-0.05, 0) is 72.8 Å². The van der Waals surface area contributed by atoms with Crippen LogP contribution in [0.3, 0.4) is 0 Å². The van der Waals surface area contributed by atoms with E-state index in [1.807, 2.05) is 42.5 Å². The summed E-state index contributed by atoms with van der Waals surface area (Å²) in [5.41, 5.74) is 5.30.